The average Bonchev–Trinajstić information content (AvgIpc) is 2.57. The number of nitrogens with zero attached hydrogens (tertiary/aromatic N) is 3. The molecule has 1 aromatic heterocycles. The molecule has 0 aromatic carbocycles. The molecule has 0 radical (unpaired) electrons. The van der Waals surface area contributed by atoms with Crippen LogP contribution in [0.5, 0.6) is 0 Å². The summed E-state index contributed by atoms with van der Waals surface area (Å²) in [6, 6.07) is 0.611. The van der Waals surface area contributed by atoms with E-state index in [1.54, 1.807) is 0 Å². The highest BCUT2D eigenvalue weighted by atomic mass is 32.2. The van der Waals surface area contributed by atoms with Crippen LogP contribution in [0.3, 0.4) is 0 Å². The lowest BCUT2D eigenvalue weighted by atomic mass is 10.1. The van der Waals surface area contributed by atoms with Gasteiger partial charge in [-0.2, -0.15) is 0 Å². The van der Waals surface area contributed by atoms with Crippen LogP contribution in [0.25, 0.3) is 0 Å². The van der Waals surface area contributed by atoms with Gasteiger partial charge in [0.2, 0.25) is 0 Å². The molecule has 0 spiro atoms. The maximum Gasteiger partial charge on any atom is 0.191 e. The van der Waals surface area contributed by atoms with E-state index < -0.39 is 0 Å². The third-order valence-electron chi connectivity index (χ3n) is 3.63. The van der Waals surface area contributed by atoms with Gasteiger partial charge < -0.3 is 9.88 Å². The van der Waals surface area contributed by atoms with E-state index >= 15 is 0 Å². The maximum atomic E-state index is 4.26. The van der Waals surface area contributed by atoms with Gasteiger partial charge in [-0.1, -0.05) is 31.0 Å². The van der Waals surface area contributed by atoms with Crippen LogP contribution in [-0.2, 0) is 7.05 Å². The summed E-state index contributed by atoms with van der Waals surface area (Å²) < 4.78 is 2.09. The van der Waals surface area contributed by atoms with Crippen LogP contribution in [0.2, 0.25) is 0 Å². The van der Waals surface area contributed by atoms with Crippen LogP contribution >= 0.6 is 11.8 Å². The molecule has 1 aliphatic carbocycles. The molecular formula is C12H22N4S. The van der Waals surface area contributed by atoms with Crippen LogP contribution in [0.1, 0.15) is 37.9 Å². The molecule has 17 heavy (non-hydrogen) atoms. The quantitative estimate of drug-likeness (QED) is 0.839. The van der Waals surface area contributed by atoms with Crippen LogP contribution < -0.4 is 5.32 Å². The van der Waals surface area contributed by atoms with E-state index in [4.69, 9.17) is 0 Å². The Balaban J connectivity index is 2.07. The first-order chi connectivity index (χ1) is 8.22. The Morgan fingerprint density at radius 2 is 2.00 bits per heavy atom. The fourth-order valence-corrected chi connectivity index (χ4v) is 3.74. The molecule has 1 aromatic rings. The van der Waals surface area contributed by atoms with Gasteiger partial charge in [0.15, 0.2) is 5.16 Å². The molecule has 1 fully saturated rings. The summed E-state index contributed by atoms with van der Waals surface area (Å²) in [6.07, 6.45) is 6.62. The van der Waals surface area contributed by atoms with Gasteiger partial charge >= 0.3 is 0 Å². The van der Waals surface area contributed by atoms with E-state index in [0.717, 1.165) is 11.0 Å². The maximum absolute atomic E-state index is 4.26. The summed E-state index contributed by atoms with van der Waals surface area (Å²) in [5, 5.41) is 13.5. The van der Waals surface area contributed by atoms with Gasteiger partial charge in [0.1, 0.15) is 5.82 Å². The molecule has 2 atom stereocenters. The SMILES string of the molecule is CNC1CCCCCC1Sc1nnc(C)n1C. The van der Waals surface area contributed by atoms with Crippen molar-refractivity contribution in [1.82, 2.24) is 20.1 Å². The second kappa shape index (κ2) is 5.87. The molecule has 1 aliphatic rings. The summed E-state index contributed by atoms with van der Waals surface area (Å²) in [5.41, 5.74) is 0. The number of nitrogens with one attached hydrogen (secondary N) is 1. The number of aryl methyl sites for hydroxylation is 1. The molecule has 1 heterocycles. The Morgan fingerprint density at radius 3 is 2.65 bits per heavy atom. The van der Waals surface area contributed by atoms with Crippen molar-refractivity contribution < 1.29 is 0 Å². The number of hydrogen-bond acceptors (Lipinski definition) is 4. The van der Waals surface area contributed by atoms with Gasteiger partial charge in [0, 0.05) is 18.3 Å². The first-order valence-corrected chi connectivity index (χ1v) is 7.30. The first kappa shape index (κ1) is 12.9. The Kier molecular flexibility index (Phi) is 4.45. The number of rotatable bonds is 3. The van der Waals surface area contributed by atoms with Crippen molar-refractivity contribution in [1.29, 1.82) is 0 Å². The zero-order valence-electron chi connectivity index (χ0n) is 10.9. The second-order valence-corrected chi connectivity index (χ2v) is 5.98. The van der Waals surface area contributed by atoms with Crippen molar-refractivity contribution in [2.24, 2.45) is 7.05 Å². The van der Waals surface area contributed by atoms with E-state index in [1.807, 2.05) is 25.7 Å². The van der Waals surface area contributed by atoms with E-state index in [1.165, 1.54) is 32.1 Å². The van der Waals surface area contributed by atoms with Crippen molar-refractivity contribution in [3.05, 3.63) is 5.82 Å². The van der Waals surface area contributed by atoms with E-state index in [0.29, 0.717) is 11.3 Å². The van der Waals surface area contributed by atoms with Crippen LogP contribution in [0.15, 0.2) is 5.16 Å². The van der Waals surface area contributed by atoms with Crippen molar-refractivity contribution in [2.75, 3.05) is 7.05 Å². The minimum Gasteiger partial charge on any atom is -0.316 e. The smallest absolute Gasteiger partial charge is 0.191 e. The van der Waals surface area contributed by atoms with E-state index in [2.05, 4.69) is 27.1 Å². The molecule has 2 rings (SSSR count). The summed E-state index contributed by atoms with van der Waals surface area (Å²) in [6.45, 7) is 2.00. The third-order valence-corrected chi connectivity index (χ3v) is 5.07. The molecule has 0 bridgehead atoms. The van der Waals surface area contributed by atoms with Gasteiger partial charge in [-0.05, 0) is 26.8 Å². The highest BCUT2D eigenvalue weighted by Crippen LogP contribution is 2.32. The third kappa shape index (κ3) is 3.01. The minimum atomic E-state index is 0.611. The van der Waals surface area contributed by atoms with Crippen molar-refractivity contribution in [3.63, 3.8) is 0 Å². The Labute approximate surface area is 108 Å². The fraction of sp³-hybridized carbons (Fsp3) is 0.833. The van der Waals surface area contributed by atoms with E-state index in [9.17, 15) is 0 Å². The molecule has 1 N–H and O–H groups in total. The van der Waals surface area contributed by atoms with Gasteiger partial charge in [-0.15, -0.1) is 10.2 Å². The second-order valence-electron chi connectivity index (χ2n) is 4.78. The zero-order valence-corrected chi connectivity index (χ0v) is 11.8. The molecule has 5 heteroatoms. The molecular weight excluding hydrogens is 232 g/mol. The topological polar surface area (TPSA) is 42.7 Å². The lowest BCUT2D eigenvalue weighted by molar-refractivity contribution is 0.509. The zero-order chi connectivity index (χ0) is 12.3. The lowest BCUT2D eigenvalue weighted by Gasteiger charge is -2.23. The van der Waals surface area contributed by atoms with Gasteiger partial charge in [-0.3, -0.25) is 0 Å². The van der Waals surface area contributed by atoms with E-state index in [-0.39, 0.29) is 0 Å². The molecule has 1 saturated carbocycles. The van der Waals surface area contributed by atoms with Gasteiger partial charge in [0.05, 0.1) is 0 Å². The standard InChI is InChI=1S/C12H22N4S/c1-9-14-15-12(16(9)3)17-11-8-6-4-5-7-10(11)13-2/h10-11,13H,4-8H2,1-3H3. The van der Waals surface area contributed by atoms with Crippen LogP contribution in [0, 0.1) is 6.92 Å². The van der Waals surface area contributed by atoms with Gasteiger partial charge in [0.25, 0.3) is 0 Å². The summed E-state index contributed by atoms with van der Waals surface area (Å²) in [5.74, 6) is 0.988. The number of thioether (sulfide) groups is 1. The monoisotopic (exact) mass is 254 g/mol. The van der Waals surface area contributed by atoms with Crippen LogP contribution in [0.4, 0.5) is 0 Å². The Morgan fingerprint density at radius 1 is 1.24 bits per heavy atom. The molecule has 96 valence electrons. The highest BCUT2D eigenvalue weighted by Gasteiger charge is 2.25. The normalized spacial score (nSPS) is 25.8. The van der Waals surface area contributed by atoms with Crippen molar-refractivity contribution in [3.8, 4) is 0 Å². The number of aromatic nitrogens is 3. The summed E-state index contributed by atoms with van der Waals surface area (Å²) in [4.78, 5) is 0. The van der Waals surface area contributed by atoms with Crippen molar-refractivity contribution in [2.45, 2.75) is 55.5 Å². The minimum absolute atomic E-state index is 0.611. The molecule has 0 aliphatic heterocycles. The van der Waals surface area contributed by atoms with Crippen LogP contribution in [-0.4, -0.2) is 33.1 Å². The lowest BCUT2D eigenvalue weighted by Crippen LogP contribution is -2.34. The first-order valence-electron chi connectivity index (χ1n) is 6.42. The molecule has 2 unspecified atom stereocenters. The van der Waals surface area contributed by atoms with Gasteiger partial charge in [-0.25, -0.2) is 0 Å². The predicted octanol–water partition coefficient (Wildman–Crippen LogP) is 2.14. The Bertz CT molecular complexity index is 363. The largest absolute Gasteiger partial charge is 0.316 e. The molecule has 0 amide bonds. The highest BCUT2D eigenvalue weighted by molar-refractivity contribution is 7.99. The molecule has 4 nitrogen and oxygen atoms in total. The number of hydrogen-bond donors (Lipinski definition) is 1. The summed E-state index contributed by atoms with van der Waals surface area (Å²) in [7, 11) is 4.12. The fourth-order valence-electron chi connectivity index (χ4n) is 2.37. The van der Waals surface area contributed by atoms with Crippen molar-refractivity contribution >= 4 is 11.8 Å². The summed E-state index contributed by atoms with van der Waals surface area (Å²) >= 11 is 1.88. The molecule has 0 saturated heterocycles. The Hall–Kier alpha value is -0.550. The average molecular weight is 254 g/mol. The predicted molar refractivity (Wildman–Crippen MR) is 71.3 cm³/mol.